The van der Waals surface area contributed by atoms with Gasteiger partial charge in [-0.1, -0.05) is 30.3 Å². The molecular formula is C15H21F2NO. The Hall–Kier alpha value is -1.45. The molecule has 19 heavy (non-hydrogen) atoms. The number of nitrogens with one attached hydrogen (secondary N) is 1. The van der Waals surface area contributed by atoms with E-state index in [0.29, 0.717) is 5.56 Å². The van der Waals surface area contributed by atoms with Crippen LogP contribution in [0.15, 0.2) is 30.3 Å². The summed E-state index contributed by atoms with van der Waals surface area (Å²) in [5, 5.41) is 2.78. The van der Waals surface area contributed by atoms with Crippen molar-refractivity contribution in [2.45, 2.75) is 51.5 Å². The van der Waals surface area contributed by atoms with Gasteiger partial charge in [-0.15, -0.1) is 0 Å². The van der Waals surface area contributed by atoms with E-state index < -0.39 is 12.3 Å². The Morgan fingerprint density at radius 3 is 2.26 bits per heavy atom. The summed E-state index contributed by atoms with van der Waals surface area (Å²) in [6, 6.07) is 8.62. The number of carbonyl (C=O) groups excluding carboxylic acids is 1. The minimum atomic E-state index is -2.45. The summed E-state index contributed by atoms with van der Waals surface area (Å²) in [5.41, 5.74) is 0.255. The molecule has 0 bridgehead atoms. The first-order chi connectivity index (χ1) is 8.79. The van der Waals surface area contributed by atoms with Gasteiger partial charge < -0.3 is 5.32 Å². The van der Waals surface area contributed by atoms with Crippen LogP contribution in [0, 0.1) is 0 Å². The van der Waals surface area contributed by atoms with Gasteiger partial charge in [0.05, 0.1) is 0 Å². The highest BCUT2D eigenvalue weighted by molar-refractivity contribution is 5.76. The smallest absolute Gasteiger partial charge is 0.245 e. The van der Waals surface area contributed by atoms with Gasteiger partial charge in [-0.05, 0) is 32.8 Å². The van der Waals surface area contributed by atoms with Gasteiger partial charge in [0.1, 0.15) is 0 Å². The molecule has 106 valence electrons. The molecule has 2 nitrogen and oxygen atoms in total. The van der Waals surface area contributed by atoms with Gasteiger partial charge in [0.15, 0.2) is 0 Å². The van der Waals surface area contributed by atoms with Crippen LogP contribution in [-0.4, -0.2) is 17.9 Å². The van der Waals surface area contributed by atoms with Crippen molar-refractivity contribution in [3.05, 3.63) is 35.9 Å². The molecular weight excluding hydrogens is 248 g/mol. The van der Waals surface area contributed by atoms with E-state index in [9.17, 15) is 13.6 Å². The van der Waals surface area contributed by atoms with Crippen LogP contribution in [0.5, 0.6) is 0 Å². The van der Waals surface area contributed by atoms with Gasteiger partial charge in [0.2, 0.25) is 12.3 Å². The Labute approximate surface area is 113 Å². The van der Waals surface area contributed by atoms with Crippen molar-refractivity contribution >= 4 is 5.91 Å². The number of carbonyl (C=O) groups is 1. The minimum Gasteiger partial charge on any atom is -0.352 e. The van der Waals surface area contributed by atoms with E-state index in [-0.39, 0.29) is 24.3 Å². The maximum atomic E-state index is 13.0. The van der Waals surface area contributed by atoms with Crippen LogP contribution in [-0.2, 0) is 4.79 Å². The van der Waals surface area contributed by atoms with Gasteiger partial charge in [-0.25, -0.2) is 8.78 Å². The van der Waals surface area contributed by atoms with E-state index in [2.05, 4.69) is 5.32 Å². The summed E-state index contributed by atoms with van der Waals surface area (Å²) >= 11 is 0. The maximum Gasteiger partial charge on any atom is 0.245 e. The van der Waals surface area contributed by atoms with Crippen LogP contribution in [0.25, 0.3) is 0 Å². The zero-order valence-electron chi connectivity index (χ0n) is 11.6. The lowest BCUT2D eigenvalue weighted by molar-refractivity contribution is -0.122. The van der Waals surface area contributed by atoms with Crippen LogP contribution < -0.4 is 5.32 Å². The topological polar surface area (TPSA) is 29.1 Å². The molecule has 0 saturated carbocycles. The average molecular weight is 269 g/mol. The first kappa shape index (κ1) is 15.6. The van der Waals surface area contributed by atoms with Gasteiger partial charge >= 0.3 is 0 Å². The van der Waals surface area contributed by atoms with E-state index in [1.54, 1.807) is 30.3 Å². The number of rotatable bonds is 5. The predicted octanol–water partition coefficient (Wildman–Crippen LogP) is 3.73. The van der Waals surface area contributed by atoms with Crippen LogP contribution >= 0.6 is 0 Å². The number of benzene rings is 1. The van der Waals surface area contributed by atoms with Crippen molar-refractivity contribution in [2.75, 3.05) is 0 Å². The quantitative estimate of drug-likeness (QED) is 0.867. The molecule has 4 heteroatoms. The van der Waals surface area contributed by atoms with Crippen LogP contribution in [0.3, 0.4) is 0 Å². The van der Waals surface area contributed by atoms with Gasteiger partial charge in [0, 0.05) is 17.9 Å². The SMILES string of the molecule is CC(C)(C)NC(=O)CCC(c1ccccc1)C(F)F. The maximum absolute atomic E-state index is 13.0. The Morgan fingerprint density at radius 1 is 1.21 bits per heavy atom. The highest BCUT2D eigenvalue weighted by Crippen LogP contribution is 2.27. The summed E-state index contributed by atoms with van der Waals surface area (Å²) in [4.78, 5) is 11.7. The summed E-state index contributed by atoms with van der Waals surface area (Å²) in [6.45, 7) is 5.60. The summed E-state index contributed by atoms with van der Waals surface area (Å²) in [5.74, 6) is -1.07. The van der Waals surface area contributed by atoms with Crippen LogP contribution in [0.4, 0.5) is 8.78 Å². The predicted molar refractivity (Wildman–Crippen MR) is 72.3 cm³/mol. The van der Waals surface area contributed by atoms with Crippen molar-refractivity contribution in [1.29, 1.82) is 0 Å². The average Bonchev–Trinajstić information content (AvgIpc) is 2.27. The first-order valence-corrected chi connectivity index (χ1v) is 6.44. The monoisotopic (exact) mass is 269 g/mol. The Morgan fingerprint density at radius 2 is 1.79 bits per heavy atom. The van der Waals surface area contributed by atoms with Crippen molar-refractivity contribution in [1.82, 2.24) is 5.32 Å². The van der Waals surface area contributed by atoms with E-state index in [1.165, 1.54) is 0 Å². The molecule has 0 aliphatic rings. The van der Waals surface area contributed by atoms with E-state index in [0.717, 1.165) is 0 Å². The molecule has 1 atom stereocenters. The lowest BCUT2D eigenvalue weighted by Gasteiger charge is -2.22. The fraction of sp³-hybridized carbons (Fsp3) is 0.533. The number of alkyl halides is 2. The van der Waals surface area contributed by atoms with Gasteiger partial charge in [-0.3, -0.25) is 4.79 Å². The molecule has 0 radical (unpaired) electrons. The molecule has 1 unspecified atom stereocenters. The molecule has 0 aromatic heterocycles. The van der Waals surface area contributed by atoms with E-state index >= 15 is 0 Å². The summed E-state index contributed by atoms with van der Waals surface area (Å²) in [6.07, 6.45) is -2.19. The number of amides is 1. The molecule has 0 aliphatic heterocycles. The first-order valence-electron chi connectivity index (χ1n) is 6.44. The largest absolute Gasteiger partial charge is 0.352 e. The zero-order valence-corrected chi connectivity index (χ0v) is 11.6. The summed E-state index contributed by atoms with van der Waals surface area (Å²) < 4.78 is 26.1. The van der Waals surface area contributed by atoms with Gasteiger partial charge in [-0.2, -0.15) is 0 Å². The second-order valence-electron chi connectivity index (χ2n) is 5.69. The molecule has 0 spiro atoms. The zero-order chi connectivity index (χ0) is 14.5. The second-order valence-corrected chi connectivity index (χ2v) is 5.69. The molecule has 1 amide bonds. The number of halogens is 2. The third-order valence-electron chi connectivity index (χ3n) is 2.73. The molecule has 0 heterocycles. The Balaban J connectivity index is 2.59. The van der Waals surface area contributed by atoms with E-state index in [4.69, 9.17) is 0 Å². The minimum absolute atomic E-state index is 0.112. The molecule has 1 rings (SSSR count). The third-order valence-corrected chi connectivity index (χ3v) is 2.73. The van der Waals surface area contributed by atoms with Crippen molar-refractivity contribution in [3.63, 3.8) is 0 Å². The molecule has 1 aromatic carbocycles. The number of hydrogen-bond donors (Lipinski definition) is 1. The molecule has 1 N–H and O–H groups in total. The van der Waals surface area contributed by atoms with Gasteiger partial charge in [0.25, 0.3) is 0 Å². The Bertz CT molecular complexity index is 398. The van der Waals surface area contributed by atoms with E-state index in [1.807, 2.05) is 20.8 Å². The molecule has 0 fully saturated rings. The molecule has 1 aromatic rings. The van der Waals surface area contributed by atoms with Crippen LogP contribution in [0.1, 0.15) is 45.1 Å². The van der Waals surface area contributed by atoms with Crippen LogP contribution in [0.2, 0.25) is 0 Å². The molecule has 0 aliphatic carbocycles. The van der Waals surface area contributed by atoms with Crippen molar-refractivity contribution in [3.8, 4) is 0 Å². The number of hydrogen-bond acceptors (Lipinski definition) is 1. The lowest BCUT2D eigenvalue weighted by Crippen LogP contribution is -2.40. The normalized spacial score (nSPS) is 13.4. The fourth-order valence-electron chi connectivity index (χ4n) is 1.91. The standard InChI is InChI=1S/C15H21F2NO/c1-15(2,3)18-13(19)10-9-12(14(16)17)11-7-5-4-6-8-11/h4-8,12,14H,9-10H2,1-3H3,(H,18,19). The highest BCUT2D eigenvalue weighted by atomic mass is 19.3. The fourth-order valence-corrected chi connectivity index (χ4v) is 1.91. The third kappa shape index (κ3) is 5.81. The van der Waals surface area contributed by atoms with Crippen molar-refractivity contribution in [2.24, 2.45) is 0 Å². The molecule has 0 saturated heterocycles. The lowest BCUT2D eigenvalue weighted by atomic mass is 9.94. The highest BCUT2D eigenvalue weighted by Gasteiger charge is 2.23. The Kier molecular flexibility index (Phi) is 5.45. The van der Waals surface area contributed by atoms with Crippen molar-refractivity contribution < 1.29 is 13.6 Å². The summed E-state index contributed by atoms with van der Waals surface area (Å²) in [7, 11) is 0. The second kappa shape index (κ2) is 6.64.